The van der Waals surface area contributed by atoms with E-state index in [9.17, 15) is 22.8 Å². The quantitative estimate of drug-likeness (QED) is 0.371. The van der Waals surface area contributed by atoms with Crippen molar-refractivity contribution in [2.24, 2.45) is 22.7 Å². The second kappa shape index (κ2) is 11.1. The molecule has 0 radical (unpaired) electrons. The molecule has 5 aliphatic rings. The van der Waals surface area contributed by atoms with Crippen LogP contribution in [0.5, 0.6) is 11.5 Å². The molecule has 1 amide bonds. The number of carbonyl (C=O) groups excluding carboxylic acids is 2. The van der Waals surface area contributed by atoms with Gasteiger partial charge in [-0.25, -0.2) is 8.42 Å². The van der Waals surface area contributed by atoms with Crippen LogP contribution in [0.15, 0.2) is 59.4 Å². The molecule has 4 atom stereocenters. The fourth-order valence-electron chi connectivity index (χ4n) is 9.09. The van der Waals surface area contributed by atoms with Gasteiger partial charge in [0.15, 0.2) is 11.5 Å². The summed E-state index contributed by atoms with van der Waals surface area (Å²) in [7, 11) is -4.02. The van der Waals surface area contributed by atoms with Gasteiger partial charge < -0.3 is 24.3 Å². The summed E-state index contributed by atoms with van der Waals surface area (Å²) in [5, 5.41) is 2.90. The molecule has 3 aliphatic heterocycles. The van der Waals surface area contributed by atoms with E-state index in [0.29, 0.717) is 74.3 Å². The van der Waals surface area contributed by atoms with Crippen LogP contribution in [0.25, 0.3) is 0 Å². The molecule has 2 aliphatic carbocycles. The van der Waals surface area contributed by atoms with Gasteiger partial charge in [0.05, 0.1) is 22.5 Å². The van der Waals surface area contributed by atoms with E-state index < -0.39 is 26.8 Å². The molecule has 4 heterocycles. The molecule has 3 aromatic rings. The van der Waals surface area contributed by atoms with E-state index in [1.54, 1.807) is 48.5 Å². The Hall–Kier alpha value is -4.32. The number of hydrogen-bond acceptors (Lipinski definition) is 8. The molecular weight excluding hydrogens is 632 g/mol. The first kappa shape index (κ1) is 31.0. The summed E-state index contributed by atoms with van der Waals surface area (Å²) in [6.07, 6.45) is 2.77. The normalized spacial score (nSPS) is 26.6. The Kier molecular flexibility index (Phi) is 7.17. The van der Waals surface area contributed by atoms with E-state index in [-0.39, 0.29) is 40.4 Å². The molecule has 1 saturated heterocycles. The summed E-state index contributed by atoms with van der Waals surface area (Å²) >= 11 is 0. The van der Waals surface area contributed by atoms with Crippen molar-refractivity contribution in [1.82, 2.24) is 4.57 Å². The molecular formula is C36H40N4O7S. The highest BCUT2D eigenvalue weighted by molar-refractivity contribution is 7.92. The SMILES string of the molecule is CC1(C)[C@H]2CC[C@@]1(CS(=O)(=O)Nc1cc(C(=O)Nc3ccc4c(c3)OCCO4)ccc1N1C[C@H]3C[C@@H](C1)c1cccc(=O)n1C3)C(=O)C2. The largest absolute Gasteiger partial charge is 0.486 e. The van der Waals surface area contributed by atoms with Gasteiger partial charge in [-0.05, 0) is 72.9 Å². The minimum Gasteiger partial charge on any atom is -0.486 e. The zero-order chi connectivity index (χ0) is 33.4. The van der Waals surface area contributed by atoms with Gasteiger partial charge in [-0.15, -0.1) is 0 Å². The Morgan fingerprint density at radius 3 is 2.56 bits per heavy atom. The Balaban J connectivity index is 1.12. The predicted molar refractivity (Wildman–Crippen MR) is 182 cm³/mol. The van der Waals surface area contributed by atoms with Gasteiger partial charge in [0.1, 0.15) is 19.0 Å². The first-order chi connectivity index (χ1) is 22.9. The number of carbonyl (C=O) groups is 2. The molecule has 11 nitrogen and oxygen atoms in total. The maximum atomic E-state index is 14.1. The molecule has 48 heavy (non-hydrogen) atoms. The molecule has 3 fully saturated rings. The number of amides is 1. The molecule has 12 heteroatoms. The van der Waals surface area contributed by atoms with E-state index in [0.717, 1.165) is 18.5 Å². The van der Waals surface area contributed by atoms with Crippen LogP contribution in [0.1, 0.15) is 61.5 Å². The van der Waals surface area contributed by atoms with Crippen molar-refractivity contribution in [2.75, 3.05) is 47.0 Å². The van der Waals surface area contributed by atoms with Gasteiger partial charge in [-0.1, -0.05) is 19.9 Å². The third kappa shape index (κ3) is 5.07. The fraction of sp³-hybridized carbons (Fsp3) is 0.472. The molecule has 2 saturated carbocycles. The van der Waals surface area contributed by atoms with Gasteiger partial charge in [-0.2, -0.15) is 0 Å². The van der Waals surface area contributed by atoms with Crippen molar-refractivity contribution in [3.05, 3.63) is 76.2 Å². The van der Waals surface area contributed by atoms with Crippen LogP contribution in [-0.4, -0.2) is 56.7 Å². The molecule has 0 unspecified atom stereocenters. The van der Waals surface area contributed by atoms with E-state index >= 15 is 0 Å². The Morgan fingerprint density at radius 1 is 0.979 bits per heavy atom. The van der Waals surface area contributed by atoms with Crippen molar-refractivity contribution in [3.63, 3.8) is 0 Å². The standard InChI is InChI=1S/C36H40N4O7S/c1-35(2)25-10-11-36(35,32(41)16-25)21-48(44,45)38-27-15-23(34(43)37-26-7-9-30-31(17-26)47-13-12-46-30)6-8-29(27)39-18-22-14-24(20-39)28-4-3-5-33(42)40(28)19-22/h3-9,15,17,22,24-25,38H,10-14,16,18-21H2,1-2H3,(H,37,43)/t22-,24+,25+,36-/m1/s1. The maximum Gasteiger partial charge on any atom is 0.255 e. The van der Waals surface area contributed by atoms with Gasteiger partial charge in [0.25, 0.3) is 11.5 Å². The van der Waals surface area contributed by atoms with Crippen LogP contribution in [0.2, 0.25) is 0 Å². The Labute approximate surface area is 279 Å². The predicted octanol–water partition coefficient (Wildman–Crippen LogP) is 4.63. The maximum absolute atomic E-state index is 14.1. The van der Waals surface area contributed by atoms with Crippen molar-refractivity contribution in [1.29, 1.82) is 0 Å². The number of anilines is 3. The summed E-state index contributed by atoms with van der Waals surface area (Å²) in [5.74, 6) is 0.955. The van der Waals surface area contributed by atoms with Crippen LogP contribution in [0.4, 0.5) is 17.1 Å². The summed E-state index contributed by atoms with van der Waals surface area (Å²) in [4.78, 5) is 41.6. The first-order valence-electron chi connectivity index (χ1n) is 16.8. The lowest BCUT2D eigenvalue weighted by Gasteiger charge is -2.44. The van der Waals surface area contributed by atoms with Crippen molar-refractivity contribution < 1.29 is 27.5 Å². The van der Waals surface area contributed by atoms with Crippen LogP contribution in [0, 0.1) is 22.7 Å². The third-order valence-electron chi connectivity index (χ3n) is 11.7. The number of rotatable bonds is 7. The lowest BCUT2D eigenvalue weighted by molar-refractivity contribution is -0.128. The summed E-state index contributed by atoms with van der Waals surface area (Å²) < 4.78 is 44.1. The number of hydrogen-bond donors (Lipinski definition) is 2. The van der Waals surface area contributed by atoms with Crippen LogP contribution in [-0.2, 0) is 21.4 Å². The number of nitrogens with one attached hydrogen (secondary N) is 2. The molecule has 2 N–H and O–H groups in total. The first-order valence-corrected chi connectivity index (χ1v) is 18.4. The minimum atomic E-state index is -4.02. The molecule has 8 rings (SSSR count). The monoisotopic (exact) mass is 672 g/mol. The average Bonchev–Trinajstić information content (AvgIpc) is 3.39. The number of benzene rings is 2. The number of aromatic nitrogens is 1. The molecule has 252 valence electrons. The van der Waals surface area contributed by atoms with E-state index in [1.165, 1.54) is 0 Å². The highest BCUT2D eigenvalue weighted by Gasteiger charge is 2.65. The number of sulfonamides is 1. The van der Waals surface area contributed by atoms with Gasteiger partial charge in [-0.3, -0.25) is 19.1 Å². The number of piperidine rings is 1. The van der Waals surface area contributed by atoms with Crippen LogP contribution >= 0.6 is 0 Å². The second-order valence-electron chi connectivity index (χ2n) is 14.7. The van der Waals surface area contributed by atoms with Crippen LogP contribution < -0.4 is 30.0 Å². The highest BCUT2D eigenvalue weighted by Crippen LogP contribution is 2.64. The molecule has 4 bridgehead atoms. The van der Waals surface area contributed by atoms with E-state index in [1.807, 2.05) is 24.5 Å². The molecule has 2 aromatic carbocycles. The minimum absolute atomic E-state index is 0.00427. The summed E-state index contributed by atoms with van der Waals surface area (Å²) in [6, 6.07) is 15.6. The Morgan fingerprint density at radius 2 is 1.79 bits per heavy atom. The zero-order valence-electron chi connectivity index (χ0n) is 27.2. The lowest BCUT2D eigenvalue weighted by Crippen LogP contribution is -2.47. The fourth-order valence-corrected chi connectivity index (χ4v) is 11.0. The Bertz CT molecular complexity index is 2010. The molecule has 0 spiro atoms. The van der Waals surface area contributed by atoms with Crippen molar-refractivity contribution >= 4 is 38.8 Å². The number of nitrogens with zero attached hydrogens (tertiary/aromatic N) is 2. The van der Waals surface area contributed by atoms with Crippen molar-refractivity contribution in [2.45, 2.75) is 52.0 Å². The lowest BCUT2D eigenvalue weighted by atomic mass is 9.70. The highest BCUT2D eigenvalue weighted by atomic mass is 32.2. The number of Topliss-reactive ketones (excluding diaryl/α,β-unsaturated/α-hetero) is 1. The van der Waals surface area contributed by atoms with Gasteiger partial charge >= 0.3 is 0 Å². The number of ketones is 1. The smallest absolute Gasteiger partial charge is 0.255 e. The second-order valence-corrected chi connectivity index (χ2v) is 16.4. The third-order valence-corrected chi connectivity index (χ3v) is 13.1. The number of pyridine rings is 1. The number of fused-ring (bicyclic) bond motifs is 7. The number of ether oxygens (including phenoxy) is 2. The van der Waals surface area contributed by atoms with Crippen molar-refractivity contribution in [3.8, 4) is 11.5 Å². The summed E-state index contributed by atoms with van der Waals surface area (Å²) in [6.45, 7) is 6.74. The molecule has 1 aromatic heterocycles. The zero-order valence-corrected chi connectivity index (χ0v) is 28.0. The van der Waals surface area contributed by atoms with E-state index in [4.69, 9.17) is 9.47 Å². The summed E-state index contributed by atoms with van der Waals surface area (Å²) in [5.41, 5.74) is 1.38. The average molecular weight is 673 g/mol. The van der Waals surface area contributed by atoms with Gasteiger partial charge in [0.2, 0.25) is 10.0 Å². The van der Waals surface area contributed by atoms with Gasteiger partial charge in [0, 0.05) is 61.1 Å². The van der Waals surface area contributed by atoms with E-state index in [2.05, 4.69) is 14.9 Å². The topological polar surface area (TPSA) is 136 Å². The van der Waals surface area contributed by atoms with Crippen LogP contribution in [0.3, 0.4) is 0 Å².